The molecule has 0 fully saturated rings. The van der Waals surface area contributed by atoms with E-state index >= 15 is 0 Å². The number of nitro benzene ring substituents is 1. The molecule has 0 aliphatic carbocycles. The van der Waals surface area contributed by atoms with Gasteiger partial charge in [0.25, 0.3) is 5.69 Å². The quantitative estimate of drug-likeness (QED) is 0.444. The van der Waals surface area contributed by atoms with E-state index in [1.54, 1.807) is 6.07 Å². The van der Waals surface area contributed by atoms with Crippen molar-refractivity contribution >= 4 is 28.4 Å². The van der Waals surface area contributed by atoms with Crippen LogP contribution in [0, 0.1) is 10.1 Å². The van der Waals surface area contributed by atoms with E-state index in [0.717, 1.165) is 11.4 Å². The Bertz CT molecular complexity index is 640. The van der Waals surface area contributed by atoms with Gasteiger partial charge in [0.2, 0.25) is 0 Å². The fraction of sp³-hybridized carbons (Fsp3) is 0.143. The highest BCUT2D eigenvalue weighted by Gasteiger charge is 2.09. The fourth-order valence-electron chi connectivity index (χ4n) is 1.88. The summed E-state index contributed by atoms with van der Waals surface area (Å²) in [5.74, 6) is 5.33. The molecule has 2 rings (SSSR count). The van der Waals surface area contributed by atoms with Crippen molar-refractivity contribution in [2.75, 3.05) is 29.7 Å². The highest BCUT2D eigenvalue weighted by atomic mass is 16.6. The van der Waals surface area contributed by atoms with E-state index in [0.29, 0.717) is 11.4 Å². The van der Waals surface area contributed by atoms with Crippen molar-refractivity contribution < 1.29 is 4.92 Å². The highest BCUT2D eigenvalue weighted by Crippen LogP contribution is 2.27. The van der Waals surface area contributed by atoms with Gasteiger partial charge < -0.3 is 15.6 Å². The Morgan fingerprint density at radius 1 is 1.05 bits per heavy atom. The highest BCUT2D eigenvalue weighted by molar-refractivity contribution is 5.69. The molecule has 0 heterocycles. The summed E-state index contributed by atoms with van der Waals surface area (Å²) in [6, 6.07) is 12.3. The molecule has 2 aromatic carbocycles. The van der Waals surface area contributed by atoms with Crippen LogP contribution in [0.5, 0.6) is 0 Å². The van der Waals surface area contributed by atoms with Crippen LogP contribution in [0.3, 0.4) is 0 Å². The predicted molar refractivity (Wildman–Crippen MR) is 85.0 cm³/mol. The number of nitrogen functional groups attached to an aromatic ring is 1. The van der Waals surface area contributed by atoms with Crippen LogP contribution in [-0.2, 0) is 0 Å². The van der Waals surface area contributed by atoms with Crippen LogP contribution in [0.2, 0.25) is 0 Å². The Morgan fingerprint density at radius 2 is 1.67 bits per heavy atom. The van der Waals surface area contributed by atoms with Crippen LogP contribution >= 0.6 is 0 Å². The summed E-state index contributed by atoms with van der Waals surface area (Å²) in [5, 5.41) is 14.0. The Balaban J connectivity index is 2.26. The molecule has 0 radical (unpaired) electrons. The van der Waals surface area contributed by atoms with Crippen molar-refractivity contribution in [2.24, 2.45) is 5.84 Å². The molecule has 0 aliphatic rings. The van der Waals surface area contributed by atoms with Crippen molar-refractivity contribution in [3.8, 4) is 0 Å². The minimum absolute atomic E-state index is 0.0298. The van der Waals surface area contributed by atoms with Gasteiger partial charge in [0.1, 0.15) is 0 Å². The third kappa shape index (κ3) is 3.61. The summed E-state index contributed by atoms with van der Waals surface area (Å²) in [6.07, 6.45) is 0. The van der Waals surface area contributed by atoms with Crippen molar-refractivity contribution in [2.45, 2.75) is 0 Å². The summed E-state index contributed by atoms with van der Waals surface area (Å²) in [7, 11) is 3.92. The monoisotopic (exact) mass is 287 g/mol. The molecule has 0 unspecified atom stereocenters. The van der Waals surface area contributed by atoms with Gasteiger partial charge in [0.15, 0.2) is 0 Å². The van der Waals surface area contributed by atoms with Crippen molar-refractivity contribution in [1.82, 2.24) is 0 Å². The van der Waals surface area contributed by atoms with E-state index in [1.165, 1.54) is 12.1 Å². The molecule has 0 atom stereocenters. The number of nitrogens with two attached hydrogens (primary N) is 1. The molecular formula is C14H17N5O2. The van der Waals surface area contributed by atoms with E-state index in [1.807, 2.05) is 43.3 Å². The lowest BCUT2D eigenvalue weighted by atomic mass is 10.2. The maximum atomic E-state index is 10.9. The molecule has 0 saturated carbocycles. The van der Waals surface area contributed by atoms with Crippen molar-refractivity contribution in [1.29, 1.82) is 0 Å². The Hall–Kier alpha value is -2.80. The number of hydrogen-bond acceptors (Lipinski definition) is 6. The first kappa shape index (κ1) is 14.6. The molecule has 7 nitrogen and oxygen atoms in total. The molecular weight excluding hydrogens is 270 g/mol. The van der Waals surface area contributed by atoms with Crippen LogP contribution in [0.4, 0.5) is 28.4 Å². The molecule has 0 spiro atoms. The molecule has 2 aromatic rings. The zero-order valence-electron chi connectivity index (χ0n) is 11.8. The average molecular weight is 287 g/mol. The molecule has 0 saturated heterocycles. The van der Waals surface area contributed by atoms with Gasteiger partial charge in [-0.3, -0.25) is 16.0 Å². The number of anilines is 4. The average Bonchev–Trinajstić information content (AvgIpc) is 2.47. The molecule has 110 valence electrons. The molecule has 0 bridgehead atoms. The first-order valence-corrected chi connectivity index (χ1v) is 6.30. The van der Waals surface area contributed by atoms with Gasteiger partial charge in [0, 0.05) is 43.3 Å². The largest absolute Gasteiger partial charge is 0.378 e. The molecule has 21 heavy (non-hydrogen) atoms. The SMILES string of the molecule is CN(C)c1ccc(Nc2cc(NN)cc([N+](=O)[O-])c2)cc1. The number of non-ortho nitro benzene ring substituents is 1. The van der Waals surface area contributed by atoms with E-state index in [-0.39, 0.29) is 5.69 Å². The summed E-state index contributed by atoms with van der Waals surface area (Å²) in [4.78, 5) is 12.4. The van der Waals surface area contributed by atoms with Gasteiger partial charge in [-0.25, -0.2) is 0 Å². The third-order valence-corrected chi connectivity index (χ3v) is 2.97. The smallest absolute Gasteiger partial charge is 0.273 e. The van der Waals surface area contributed by atoms with Gasteiger partial charge >= 0.3 is 0 Å². The van der Waals surface area contributed by atoms with Crippen molar-refractivity contribution in [3.05, 3.63) is 52.6 Å². The van der Waals surface area contributed by atoms with E-state index in [9.17, 15) is 10.1 Å². The second kappa shape index (κ2) is 6.10. The molecule has 0 aliphatic heterocycles. The first-order valence-electron chi connectivity index (χ1n) is 6.30. The zero-order valence-corrected chi connectivity index (χ0v) is 11.8. The standard InChI is InChI=1S/C14H17N5O2/c1-18(2)13-5-3-10(4-6-13)16-11-7-12(17-15)9-14(8-11)19(20)21/h3-9,16-17H,15H2,1-2H3. The molecule has 0 amide bonds. The summed E-state index contributed by atoms with van der Waals surface area (Å²) < 4.78 is 0. The lowest BCUT2D eigenvalue weighted by molar-refractivity contribution is -0.384. The lowest BCUT2D eigenvalue weighted by Crippen LogP contribution is -2.08. The van der Waals surface area contributed by atoms with Gasteiger partial charge in [-0.1, -0.05) is 0 Å². The number of nitrogens with zero attached hydrogens (tertiary/aromatic N) is 2. The summed E-state index contributed by atoms with van der Waals surface area (Å²) >= 11 is 0. The number of rotatable bonds is 5. The third-order valence-electron chi connectivity index (χ3n) is 2.97. The molecule has 4 N–H and O–H groups in total. The Kier molecular flexibility index (Phi) is 4.24. The topological polar surface area (TPSA) is 96.5 Å². The number of hydrazine groups is 1. The zero-order chi connectivity index (χ0) is 15.4. The normalized spacial score (nSPS) is 10.0. The maximum Gasteiger partial charge on any atom is 0.273 e. The van der Waals surface area contributed by atoms with E-state index in [4.69, 9.17) is 5.84 Å². The Labute approximate surface area is 122 Å². The van der Waals surface area contributed by atoms with Gasteiger partial charge in [-0.15, -0.1) is 0 Å². The van der Waals surface area contributed by atoms with Crippen molar-refractivity contribution in [3.63, 3.8) is 0 Å². The molecule has 0 aromatic heterocycles. The van der Waals surface area contributed by atoms with Crippen LogP contribution in [0.25, 0.3) is 0 Å². The van der Waals surface area contributed by atoms with Crippen LogP contribution in [0.15, 0.2) is 42.5 Å². The first-order chi connectivity index (χ1) is 9.99. The number of nitro groups is 1. The van der Waals surface area contributed by atoms with Crippen LogP contribution < -0.4 is 21.5 Å². The van der Waals surface area contributed by atoms with Gasteiger partial charge in [0.05, 0.1) is 10.6 Å². The minimum Gasteiger partial charge on any atom is -0.378 e. The lowest BCUT2D eigenvalue weighted by Gasteiger charge is -2.13. The van der Waals surface area contributed by atoms with E-state index in [2.05, 4.69) is 10.7 Å². The van der Waals surface area contributed by atoms with Crippen LogP contribution in [0.1, 0.15) is 0 Å². The van der Waals surface area contributed by atoms with Gasteiger partial charge in [-0.2, -0.15) is 0 Å². The van der Waals surface area contributed by atoms with Gasteiger partial charge in [-0.05, 0) is 30.3 Å². The Morgan fingerprint density at radius 3 is 2.19 bits per heavy atom. The summed E-state index contributed by atoms with van der Waals surface area (Å²) in [6.45, 7) is 0. The minimum atomic E-state index is -0.457. The molecule has 7 heteroatoms. The summed E-state index contributed by atoms with van der Waals surface area (Å²) in [5.41, 5.74) is 5.36. The predicted octanol–water partition coefficient (Wildman–Crippen LogP) is 2.69. The van der Waals surface area contributed by atoms with E-state index < -0.39 is 4.92 Å². The maximum absolute atomic E-state index is 10.9. The number of benzene rings is 2. The number of hydrogen-bond donors (Lipinski definition) is 3. The second-order valence-corrected chi connectivity index (χ2v) is 4.74. The number of nitrogens with one attached hydrogen (secondary N) is 2. The second-order valence-electron chi connectivity index (χ2n) is 4.74. The van der Waals surface area contributed by atoms with Crippen LogP contribution in [-0.4, -0.2) is 19.0 Å². The fourth-order valence-corrected chi connectivity index (χ4v) is 1.88.